The van der Waals surface area contributed by atoms with Crippen molar-refractivity contribution >= 4 is 11.4 Å². The lowest BCUT2D eigenvalue weighted by Gasteiger charge is -2.09. The average Bonchev–Trinajstić information content (AvgIpc) is 2.99. The van der Waals surface area contributed by atoms with Gasteiger partial charge in [0.15, 0.2) is 11.5 Å². The van der Waals surface area contributed by atoms with Crippen molar-refractivity contribution in [3.63, 3.8) is 0 Å². The molecule has 1 aliphatic heterocycles. The second-order valence-electron chi connectivity index (χ2n) is 4.59. The predicted molar refractivity (Wildman–Crippen MR) is 79.6 cm³/mol. The Morgan fingerprint density at radius 1 is 1.14 bits per heavy atom. The highest BCUT2D eigenvalue weighted by molar-refractivity contribution is 5.49. The van der Waals surface area contributed by atoms with Gasteiger partial charge in [-0.3, -0.25) is 10.1 Å². The van der Waals surface area contributed by atoms with Crippen molar-refractivity contribution in [1.82, 2.24) is 0 Å². The molecule has 0 amide bonds. The van der Waals surface area contributed by atoms with Gasteiger partial charge in [0.1, 0.15) is 12.4 Å². The van der Waals surface area contributed by atoms with Crippen LogP contribution in [0, 0.1) is 10.1 Å². The molecule has 2 aromatic rings. The van der Waals surface area contributed by atoms with Crippen LogP contribution in [-0.4, -0.2) is 24.9 Å². The van der Waals surface area contributed by atoms with Gasteiger partial charge in [0.25, 0.3) is 5.69 Å². The molecule has 7 nitrogen and oxygen atoms in total. The topological polar surface area (TPSA) is 82.9 Å². The molecule has 0 atom stereocenters. The molecule has 0 aromatic heterocycles. The fourth-order valence-electron chi connectivity index (χ4n) is 2.03. The number of ether oxygens (including phenoxy) is 3. The first-order valence-corrected chi connectivity index (χ1v) is 6.73. The Hall–Kier alpha value is -2.96. The van der Waals surface area contributed by atoms with Gasteiger partial charge in [-0.1, -0.05) is 0 Å². The molecule has 0 spiro atoms. The van der Waals surface area contributed by atoms with Gasteiger partial charge in [-0.25, -0.2) is 0 Å². The Balaban J connectivity index is 1.46. The molecule has 7 heteroatoms. The van der Waals surface area contributed by atoms with Crippen molar-refractivity contribution < 1.29 is 19.1 Å². The van der Waals surface area contributed by atoms with Gasteiger partial charge in [0, 0.05) is 30.4 Å². The van der Waals surface area contributed by atoms with Gasteiger partial charge >= 0.3 is 0 Å². The van der Waals surface area contributed by atoms with Crippen molar-refractivity contribution in [2.45, 2.75) is 0 Å². The van der Waals surface area contributed by atoms with Crippen molar-refractivity contribution in [3.8, 4) is 17.2 Å². The monoisotopic (exact) mass is 302 g/mol. The van der Waals surface area contributed by atoms with Gasteiger partial charge in [-0.15, -0.1) is 0 Å². The summed E-state index contributed by atoms with van der Waals surface area (Å²) in [6.07, 6.45) is 0. The van der Waals surface area contributed by atoms with E-state index in [9.17, 15) is 10.1 Å². The van der Waals surface area contributed by atoms with Crippen LogP contribution in [0.1, 0.15) is 0 Å². The van der Waals surface area contributed by atoms with E-state index in [1.54, 1.807) is 24.3 Å². The van der Waals surface area contributed by atoms with Gasteiger partial charge in [0.05, 0.1) is 4.92 Å². The summed E-state index contributed by atoms with van der Waals surface area (Å²) in [4.78, 5) is 10.1. The van der Waals surface area contributed by atoms with E-state index in [4.69, 9.17) is 14.2 Å². The summed E-state index contributed by atoms with van der Waals surface area (Å²) >= 11 is 0. The number of hydrogen-bond donors (Lipinski definition) is 1. The first-order chi connectivity index (χ1) is 10.7. The van der Waals surface area contributed by atoms with Crippen molar-refractivity contribution in [2.75, 3.05) is 25.3 Å². The zero-order valence-corrected chi connectivity index (χ0v) is 11.7. The third-order valence-corrected chi connectivity index (χ3v) is 3.12. The van der Waals surface area contributed by atoms with Gasteiger partial charge < -0.3 is 19.5 Å². The highest BCUT2D eigenvalue weighted by Crippen LogP contribution is 2.34. The quantitative estimate of drug-likeness (QED) is 0.502. The Kier molecular flexibility index (Phi) is 3.95. The number of nitrogens with one attached hydrogen (secondary N) is 1. The highest BCUT2D eigenvalue weighted by atomic mass is 16.7. The second-order valence-corrected chi connectivity index (χ2v) is 4.59. The molecule has 0 unspecified atom stereocenters. The molecule has 0 aliphatic carbocycles. The Labute approximate surface area is 126 Å². The van der Waals surface area contributed by atoms with E-state index in [1.807, 2.05) is 6.07 Å². The van der Waals surface area contributed by atoms with Crippen LogP contribution < -0.4 is 19.5 Å². The lowest BCUT2D eigenvalue weighted by atomic mass is 10.3. The van der Waals surface area contributed by atoms with Crippen LogP contribution >= 0.6 is 0 Å². The third-order valence-electron chi connectivity index (χ3n) is 3.12. The summed E-state index contributed by atoms with van der Waals surface area (Å²) in [7, 11) is 0. The summed E-state index contributed by atoms with van der Waals surface area (Å²) < 4.78 is 16.1. The summed E-state index contributed by atoms with van der Waals surface area (Å²) in [6, 6.07) is 11.7. The zero-order valence-electron chi connectivity index (χ0n) is 11.7. The van der Waals surface area contributed by atoms with E-state index in [-0.39, 0.29) is 12.5 Å². The maximum atomic E-state index is 10.6. The van der Waals surface area contributed by atoms with Crippen molar-refractivity contribution in [1.29, 1.82) is 0 Å². The van der Waals surface area contributed by atoms with Crippen LogP contribution in [0.5, 0.6) is 17.2 Å². The number of anilines is 1. The molecule has 2 aromatic carbocycles. The molecule has 114 valence electrons. The number of rotatable bonds is 6. The Morgan fingerprint density at radius 2 is 1.91 bits per heavy atom. The summed E-state index contributed by atoms with van der Waals surface area (Å²) in [5.41, 5.74) is 0.877. The maximum absolute atomic E-state index is 10.6. The third kappa shape index (κ3) is 3.20. The lowest BCUT2D eigenvalue weighted by molar-refractivity contribution is -0.384. The van der Waals surface area contributed by atoms with E-state index in [0.717, 1.165) is 11.4 Å². The molecule has 1 heterocycles. The average molecular weight is 302 g/mol. The first kappa shape index (κ1) is 14.0. The highest BCUT2D eigenvalue weighted by Gasteiger charge is 2.13. The lowest BCUT2D eigenvalue weighted by Crippen LogP contribution is -2.11. The molecule has 3 rings (SSSR count). The molecular formula is C15H14N2O5. The van der Waals surface area contributed by atoms with Gasteiger partial charge in [-0.2, -0.15) is 0 Å². The molecule has 0 fully saturated rings. The second kappa shape index (κ2) is 6.21. The van der Waals surface area contributed by atoms with Crippen LogP contribution in [0.4, 0.5) is 11.4 Å². The largest absolute Gasteiger partial charge is 0.492 e. The molecule has 0 bridgehead atoms. The van der Waals surface area contributed by atoms with E-state index >= 15 is 0 Å². The molecule has 22 heavy (non-hydrogen) atoms. The number of hydrogen-bond acceptors (Lipinski definition) is 6. The van der Waals surface area contributed by atoms with Crippen LogP contribution in [-0.2, 0) is 0 Å². The standard InChI is InChI=1S/C15H14N2O5/c18-17(19)12-3-1-11(2-4-12)16-7-8-20-13-5-6-14-15(9-13)22-10-21-14/h1-6,9,16H,7-8,10H2. The summed E-state index contributed by atoms with van der Waals surface area (Å²) in [6.45, 7) is 1.27. The zero-order chi connectivity index (χ0) is 15.4. The van der Waals surface area contributed by atoms with Crippen LogP contribution in [0.15, 0.2) is 42.5 Å². The van der Waals surface area contributed by atoms with Gasteiger partial charge in [-0.05, 0) is 24.3 Å². The van der Waals surface area contributed by atoms with Gasteiger partial charge in [0.2, 0.25) is 6.79 Å². The van der Waals surface area contributed by atoms with E-state index in [0.29, 0.717) is 24.7 Å². The van der Waals surface area contributed by atoms with Crippen LogP contribution in [0.25, 0.3) is 0 Å². The van der Waals surface area contributed by atoms with E-state index in [1.165, 1.54) is 12.1 Å². The van der Waals surface area contributed by atoms with E-state index < -0.39 is 4.92 Å². The predicted octanol–water partition coefficient (Wildman–Crippen LogP) is 2.81. The number of benzene rings is 2. The Morgan fingerprint density at radius 3 is 2.68 bits per heavy atom. The molecule has 0 radical (unpaired) electrons. The minimum atomic E-state index is -0.424. The minimum Gasteiger partial charge on any atom is -0.492 e. The number of non-ortho nitro benzene ring substituents is 1. The molecule has 0 saturated carbocycles. The fraction of sp³-hybridized carbons (Fsp3) is 0.200. The number of nitro groups is 1. The van der Waals surface area contributed by atoms with Crippen molar-refractivity contribution in [3.05, 3.63) is 52.6 Å². The molecular weight excluding hydrogens is 288 g/mol. The molecule has 0 saturated heterocycles. The minimum absolute atomic E-state index is 0.0714. The normalized spacial score (nSPS) is 12.0. The van der Waals surface area contributed by atoms with Crippen molar-refractivity contribution in [2.24, 2.45) is 0 Å². The number of fused-ring (bicyclic) bond motifs is 1. The number of nitro benzene ring substituents is 1. The van der Waals surface area contributed by atoms with Crippen LogP contribution in [0.2, 0.25) is 0 Å². The SMILES string of the molecule is O=[N+]([O-])c1ccc(NCCOc2ccc3c(c2)OCO3)cc1. The van der Waals surface area contributed by atoms with E-state index in [2.05, 4.69) is 5.32 Å². The Bertz CT molecular complexity index is 672. The molecule has 1 N–H and O–H groups in total. The molecule has 1 aliphatic rings. The summed E-state index contributed by atoms with van der Waals surface area (Å²) in [5, 5.41) is 13.7. The number of nitrogens with zero attached hydrogens (tertiary/aromatic N) is 1. The fourth-order valence-corrected chi connectivity index (χ4v) is 2.03. The summed E-state index contributed by atoms with van der Waals surface area (Å²) in [5.74, 6) is 2.10. The van der Waals surface area contributed by atoms with Crippen LogP contribution in [0.3, 0.4) is 0 Å². The smallest absolute Gasteiger partial charge is 0.269 e. The maximum Gasteiger partial charge on any atom is 0.269 e. The first-order valence-electron chi connectivity index (χ1n) is 6.73.